The Hall–Kier alpha value is -2.62. The summed E-state index contributed by atoms with van der Waals surface area (Å²) in [7, 11) is 0. The first-order valence-corrected chi connectivity index (χ1v) is 16.6. The van der Waals surface area contributed by atoms with Crippen molar-refractivity contribution in [3.63, 3.8) is 0 Å². The second kappa shape index (κ2) is 15.2. The lowest BCUT2D eigenvalue weighted by molar-refractivity contribution is 0.390. The van der Waals surface area contributed by atoms with E-state index in [-0.39, 0.29) is 22.9 Å². The maximum Gasteiger partial charge on any atom is 0.128 e. The summed E-state index contributed by atoms with van der Waals surface area (Å²) in [6, 6.07) is 8.75. The Morgan fingerprint density at radius 3 is 1.36 bits per heavy atom. The van der Waals surface area contributed by atoms with Crippen molar-refractivity contribution in [2.24, 2.45) is 9.98 Å². The molecule has 0 aliphatic heterocycles. The van der Waals surface area contributed by atoms with E-state index in [9.17, 15) is 10.2 Å². The zero-order chi connectivity index (χ0) is 30.9. The highest BCUT2D eigenvalue weighted by atomic mass is 16.3. The number of hydrogen-bond acceptors (Lipinski definition) is 4. The normalized spacial score (nSPS) is 18.4. The van der Waals surface area contributed by atoms with E-state index in [0.717, 1.165) is 73.6 Å². The number of rotatable bonds is 12. The fourth-order valence-corrected chi connectivity index (χ4v) is 6.02. The quantitative estimate of drug-likeness (QED) is 0.196. The molecule has 2 atom stereocenters. The van der Waals surface area contributed by atoms with Crippen molar-refractivity contribution in [1.82, 2.24) is 0 Å². The van der Waals surface area contributed by atoms with Crippen LogP contribution in [0.1, 0.15) is 153 Å². The monoisotopic (exact) mass is 574 g/mol. The summed E-state index contributed by atoms with van der Waals surface area (Å²) in [5.74, 6) is 0.696. The highest BCUT2D eigenvalue weighted by Gasteiger charge is 2.26. The van der Waals surface area contributed by atoms with Crippen molar-refractivity contribution in [2.75, 3.05) is 0 Å². The highest BCUT2D eigenvalue weighted by Crippen LogP contribution is 2.36. The van der Waals surface area contributed by atoms with Gasteiger partial charge in [-0.05, 0) is 72.6 Å². The second-order valence-corrected chi connectivity index (χ2v) is 14.6. The van der Waals surface area contributed by atoms with Crippen LogP contribution in [-0.2, 0) is 23.7 Å². The number of phenolic OH excluding ortho intramolecular Hbond substituents is 2. The van der Waals surface area contributed by atoms with Gasteiger partial charge in [-0.1, -0.05) is 106 Å². The third kappa shape index (κ3) is 9.44. The minimum atomic E-state index is -0.149. The Labute approximate surface area is 256 Å². The zero-order valence-corrected chi connectivity index (χ0v) is 27.9. The number of phenols is 2. The van der Waals surface area contributed by atoms with Crippen LogP contribution in [0.25, 0.3) is 0 Å². The van der Waals surface area contributed by atoms with Crippen LogP contribution >= 0.6 is 0 Å². The molecule has 1 aliphatic rings. The number of aromatic hydroxyl groups is 2. The van der Waals surface area contributed by atoms with Gasteiger partial charge in [0.05, 0.1) is 12.1 Å². The van der Waals surface area contributed by atoms with Crippen molar-refractivity contribution in [3.05, 3.63) is 57.6 Å². The Morgan fingerprint density at radius 1 is 0.643 bits per heavy atom. The molecular weight excluding hydrogens is 516 g/mol. The van der Waals surface area contributed by atoms with Crippen molar-refractivity contribution in [1.29, 1.82) is 0 Å². The molecule has 0 bridgehead atoms. The van der Waals surface area contributed by atoms with Crippen molar-refractivity contribution < 1.29 is 10.2 Å². The molecule has 0 spiro atoms. The van der Waals surface area contributed by atoms with Crippen LogP contribution in [0, 0.1) is 0 Å². The molecule has 3 rings (SSSR count). The average molecular weight is 575 g/mol. The third-order valence-corrected chi connectivity index (χ3v) is 8.66. The van der Waals surface area contributed by atoms with Crippen molar-refractivity contribution in [3.8, 4) is 11.5 Å². The SMILES string of the molecule is CCCCCc1cc(C=NC2CCCCC2N=Cc2cc(CCCCC)cc(C(C)(C)C)c2O)c(O)c(C(C)(C)C)c1. The van der Waals surface area contributed by atoms with Crippen LogP contribution in [0.3, 0.4) is 0 Å². The second-order valence-electron chi connectivity index (χ2n) is 14.6. The van der Waals surface area contributed by atoms with E-state index in [1.54, 1.807) is 0 Å². The van der Waals surface area contributed by atoms with E-state index < -0.39 is 0 Å². The fraction of sp³-hybridized carbons (Fsp3) is 0.632. The maximum absolute atomic E-state index is 11.2. The van der Waals surface area contributed by atoms with E-state index >= 15 is 0 Å². The molecular formula is C38H58N2O2. The van der Waals surface area contributed by atoms with Crippen molar-refractivity contribution in [2.45, 2.75) is 155 Å². The number of aryl methyl sites for hydroxylation is 2. The first-order valence-electron chi connectivity index (χ1n) is 16.6. The van der Waals surface area contributed by atoms with Gasteiger partial charge in [0, 0.05) is 34.7 Å². The Kier molecular flexibility index (Phi) is 12.3. The lowest BCUT2D eigenvalue weighted by atomic mass is 9.83. The largest absolute Gasteiger partial charge is 0.507 e. The van der Waals surface area contributed by atoms with Gasteiger partial charge in [0.2, 0.25) is 0 Å². The number of nitrogens with zero attached hydrogens (tertiary/aromatic N) is 2. The lowest BCUT2D eigenvalue weighted by Crippen LogP contribution is -2.27. The summed E-state index contributed by atoms with van der Waals surface area (Å²) in [5, 5.41) is 22.5. The molecule has 1 aliphatic carbocycles. The third-order valence-electron chi connectivity index (χ3n) is 8.66. The molecule has 4 nitrogen and oxygen atoms in total. The van der Waals surface area contributed by atoms with Crippen LogP contribution in [0.2, 0.25) is 0 Å². The Bertz CT molecular complexity index is 1120. The molecule has 0 saturated heterocycles. The molecule has 0 radical (unpaired) electrons. The van der Waals surface area contributed by atoms with E-state index in [2.05, 4.69) is 79.7 Å². The number of aliphatic imine (C=N–C) groups is 2. The van der Waals surface area contributed by atoms with E-state index in [1.807, 2.05) is 12.4 Å². The van der Waals surface area contributed by atoms with Crippen LogP contribution < -0.4 is 0 Å². The van der Waals surface area contributed by atoms with Gasteiger partial charge < -0.3 is 10.2 Å². The lowest BCUT2D eigenvalue weighted by Gasteiger charge is -2.26. The minimum absolute atomic E-state index is 0.0631. The molecule has 1 fully saturated rings. The Morgan fingerprint density at radius 2 is 1.02 bits per heavy atom. The number of benzene rings is 2. The van der Waals surface area contributed by atoms with Crippen molar-refractivity contribution >= 4 is 12.4 Å². The predicted molar refractivity (Wildman–Crippen MR) is 181 cm³/mol. The molecule has 0 heterocycles. The van der Waals surface area contributed by atoms with Crippen LogP contribution in [-0.4, -0.2) is 34.7 Å². The average Bonchev–Trinajstić information content (AvgIpc) is 2.92. The number of hydrogen-bond donors (Lipinski definition) is 2. The highest BCUT2D eigenvalue weighted by molar-refractivity contribution is 5.86. The maximum atomic E-state index is 11.2. The molecule has 232 valence electrons. The van der Waals surface area contributed by atoms with Gasteiger partial charge in [0.25, 0.3) is 0 Å². The molecule has 4 heteroatoms. The van der Waals surface area contributed by atoms with Crippen LogP contribution in [0.5, 0.6) is 11.5 Å². The smallest absolute Gasteiger partial charge is 0.128 e. The fourth-order valence-electron chi connectivity index (χ4n) is 6.02. The summed E-state index contributed by atoms with van der Waals surface area (Å²) in [5.41, 5.74) is 5.85. The standard InChI is InChI=1S/C38H58N2O2/c1-9-11-13-17-27-21-29(35(41)31(23-27)37(3,4)5)25-39-33-19-15-16-20-34(33)40-26-30-22-28(18-14-12-10-2)24-32(36(30)42)38(6,7)8/h21-26,33-34,41-42H,9-20H2,1-8H3. The topological polar surface area (TPSA) is 65.2 Å². The Balaban J connectivity index is 1.90. The molecule has 2 unspecified atom stereocenters. The van der Waals surface area contributed by atoms with Gasteiger partial charge in [0.15, 0.2) is 0 Å². The van der Waals surface area contributed by atoms with E-state index in [4.69, 9.17) is 9.98 Å². The summed E-state index contributed by atoms with van der Waals surface area (Å²) in [4.78, 5) is 10.1. The molecule has 42 heavy (non-hydrogen) atoms. The first kappa shape index (κ1) is 33.9. The van der Waals surface area contributed by atoms with Gasteiger partial charge in [-0.3, -0.25) is 9.98 Å². The molecule has 0 aromatic heterocycles. The molecule has 1 saturated carbocycles. The van der Waals surface area contributed by atoms with Gasteiger partial charge in [-0.15, -0.1) is 0 Å². The zero-order valence-electron chi connectivity index (χ0n) is 27.9. The molecule has 2 aromatic rings. The van der Waals surface area contributed by atoms with Crippen LogP contribution in [0.15, 0.2) is 34.3 Å². The predicted octanol–water partition coefficient (Wildman–Crippen LogP) is 10.0. The summed E-state index contributed by atoms with van der Waals surface area (Å²) in [6.45, 7) is 17.4. The van der Waals surface area contributed by atoms with Crippen LogP contribution in [0.4, 0.5) is 0 Å². The van der Waals surface area contributed by atoms with E-state index in [0.29, 0.717) is 11.5 Å². The molecule has 2 N–H and O–H groups in total. The summed E-state index contributed by atoms with van der Waals surface area (Å²) >= 11 is 0. The molecule has 2 aromatic carbocycles. The van der Waals surface area contributed by atoms with Gasteiger partial charge >= 0.3 is 0 Å². The van der Waals surface area contributed by atoms with Gasteiger partial charge in [-0.2, -0.15) is 0 Å². The number of unbranched alkanes of at least 4 members (excludes halogenated alkanes) is 4. The minimum Gasteiger partial charge on any atom is -0.507 e. The summed E-state index contributed by atoms with van der Waals surface area (Å²) in [6.07, 6.45) is 17.2. The molecule has 0 amide bonds. The van der Waals surface area contributed by atoms with Gasteiger partial charge in [0.1, 0.15) is 11.5 Å². The summed E-state index contributed by atoms with van der Waals surface area (Å²) < 4.78 is 0. The first-order chi connectivity index (χ1) is 19.8. The van der Waals surface area contributed by atoms with E-state index in [1.165, 1.54) is 36.8 Å². The van der Waals surface area contributed by atoms with Gasteiger partial charge in [-0.25, -0.2) is 0 Å².